The van der Waals surface area contributed by atoms with Crippen molar-refractivity contribution in [2.75, 3.05) is 6.26 Å². The number of aliphatic imine (C=N–C) groups is 1. The Hall–Kier alpha value is -3.72. The van der Waals surface area contributed by atoms with Crippen molar-refractivity contribution in [3.63, 3.8) is 0 Å². The van der Waals surface area contributed by atoms with E-state index in [9.17, 15) is 13.5 Å². The minimum absolute atomic E-state index is 0.00963. The monoisotopic (exact) mass is 452 g/mol. The molecule has 0 bridgehead atoms. The van der Waals surface area contributed by atoms with Gasteiger partial charge in [-0.1, -0.05) is 55.9 Å². The van der Waals surface area contributed by atoms with Crippen LogP contribution in [0, 0.1) is 0 Å². The molecule has 0 amide bonds. The van der Waals surface area contributed by atoms with Crippen molar-refractivity contribution in [1.82, 2.24) is 10.1 Å². The first-order valence-corrected chi connectivity index (χ1v) is 11.6. The Balaban J connectivity index is 2.12. The van der Waals surface area contributed by atoms with Crippen LogP contribution >= 0.6 is 0 Å². The molecule has 0 saturated carbocycles. The predicted octanol–water partition coefficient (Wildman–Crippen LogP) is 4.30. The van der Waals surface area contributed by atoms with Crippen molar-refractivity contribution in [3.8, 4) is 11.4 Å². The molecule has 2 aromatic carbocycles. The molecule has 3 rings (SSSR count). The summed E-state index contributed by atoms with van der Waals surface area (Å²) in [7, 11) is -3.40. The molecule has 32 heavy (non-hydrogen) atoms. The van der Waals surface area contributed by atoms with E-state index in [-0.39, 0.29) is 39.7 Å². The van der Waals surface area contributed by atoms with Crippen molar-refractivity contribution in [1.29, 1.82) is 0 Å². The molecule has 0 atom stereocenters. The van der Waals surface area contributed by atoms with E-state index < -0.39 is 9.84 Å². The fourth-order valence-corrected chi connectivity index (χ4v) is 3.56. The van der Waals surface area contributed by atoms with Crippen molar-refractivity contribution < 1.29 is 18.0 Å². The van der Waals surface area contributed by atoms with Crippen LogP contribution in [0.4, 0.5) is 5.69 Å². The number of nitrogens with zero attached hydrogens (tertiary/aromatic N) is 3. The number of aromatic nitrogens is 2. The topological polar surface area (TPSA) is 132 Å². The van der Waals surface area contributed by atoms with Gasteiger partial charge in [-0.15, -0.1) is 0 Å². The highest BCUT2D eigenvalue weighted by molar-refractivity contribution is 7.90. The molecule has 0 unspecified atom stereocenters. The summed E-state index contributed by atoms with van der Waals surface area (Å²) >= 11 is 0. The summed E-state index contributed by atoms with van der Waals surface area (Å²) < 4.78 is 29.1. The molecule has 3 N–H and O–H groups in total. The van der Waals surface area contributed by atoms with Crippen LogP contribution in [0.2, 0.25) is 0 Å². The van der Waals surface area contributed by atoms with E-state index in [0.717, 1.165) is 11.8 Å². The van der Waals surface area contributed by atoms with Crippen LogP contribution in [0.3, 0.4) is 0 Å². The van der Waals surface area contributed by atoms with Gasteiger partial charge in [0.15, 0.2) is 9.84 Å². The van der Waals surface area contributed by atoms with Gasteiger partial charge in [-0.2, -0.15) is 4.98 Å². The van der Waals surface area contributed by atoms with E-state index in [1.807, 2.05) is 38.1 Å². The van der Waals surface area contributed by atoms with Crippen LogP contribution in [-0.4, -0.2) is 35.6 Å². The molecule has 0 fully saturated rings. The lowest BCUT2D eigenvalue weighted by molar-refractivity contribution is 0.412. The Labute approximate surface area is 186 Å². The first-order chi connectivity index (χ1) is 15.1. The molecule has 0 aliphatic carbocycles. The van der Waals surface area contributed by atoms with E-state index in [4.69, 9.17) is 10.3 Å². The SMILES string of the molecule is C=C(O)C(N)=CC(=Nc1ccccc1C(C)C)c1nc(-c2cccc(S(C)(=O)=O)c2)no1. The maximum Gasteiger partial charge on any atom is 0.276 e. The number of allylic oxidation sites excluding steroid dienone is 1. The number of para-hydroxylation sites is 1. The average molecular weight is 453 g/mol. The van der Waals surface area contributed by atoms with E-state index in [0.29, 0.717) is 11.3 Å². The average Bonchev–Trinajstić information content (AvgIpc) is 3.23. The summed E-state index contributed by atoms with van der Waals surface area (Å²) in [6, 6.07) is 13.8. The third kappa shape index (κ3) is 5.30. The second-order valence-corrected chi connectivity index (χ2v) is 9.50. The second-order valence-electron chi connectivity index (χ2n) is 7.48. The Morgan fingerprint density at radius 2 is 1.94 bits per heavy atom. The number of aliphatic hydroxyl groups is 1. The van der Waals surface area contributed by atoms with Crippen molar-refractivity contribution >= 4 is 21.2 Å². The summed E-state index contributed by atoms with van der Waals surface area (Å²) in [6.07, 6.45) is 2.52. The second kappa shape index (κ2) is 9.19. The summed E-state index contributed by atoms with van der Waals surface area (Å²) in [5, 5.41) is 13.6. The molecule has 9 heteroatoms. The van der Waals surface area contributed by atoms with Crippen molar-refractivity contribution in [2.24, 2.45) is 10.7 Å². The largest absolute Gasteiger partial charge is 0.506 e. The van der Waals surface area contributed by atoms with Crippen LogP contribution in [0.5, 0.6) is 0 Å². The minimum atomic E-state index is -3.40. The van der Waals surface area contributed by atoms with Gasteiger partial charge in [0, 0.05) is 11.8 Å². The molecule has 0 saturated heterocycles. The number of benzene rings is 2. The van der Waals surface area contributed by atoms with Gasteiger partial charge in [0.05, 0.1) is 16.3 Å². The minimum Gasteiger partial charge on any atom is -0.506 e. The fourth-order valence-electron chi connectivity index (χ4n) is 2.89. The molecular weight excluding hydrogens is 428 g/mol. The zero-order valence-corrected chi connectivity index (χ0v) is 18.8. The van der Waals surface area contributed by atoms with Crippen LogP contribution in [0.25, 0.3) is 11.4 Å². The Morgan fingerprint density at radius 3 is 2.59 bits per heavy atom. The zero-order valence-electron chi connectivity index (χ0n) is 18.0. The van der Waals surface area contributed by atoms with Crippen LogP contribution < -0.4 is 5.73 Å². The highest BCUT2D eigenvalue weighted by atomic mass is 32.2. The number of rotatable bonds is 7. The lowest BCUT2D eigenvalue weighted by Gasteiger charge is -2.09. The highest BCUT2D eigenvalue weighted by Crippen LogP contribution is 2.28. The summed E-state index contributed by atoms with van der Waals surface area (Å²) in [6.45, 7) is 7.52. The maximum atomic E-state index is 11.9. The standard InChI is InChI=1S/C23H24N4O4S/c1-14(2)18-10-5-6-11-20(18)25-21(13-19(24)15(3)28)23-26-22(27-31-23)16-8-7-9-17(12-16)32(4,29)30/h5-14,28H,3,24H2,1-2,4H3. The van der Waals surface area contributed by atoms with Gasteiger partial charge >= 0.3 is 0 Å². The maximum absolute atomic E-state index is 11.9. The van der Waals surface area contributed by atoms with E-state index in [2.05, 4.69) is 21.7 Å². The number of hydrogen-bond acceptors (Lipinski definition) is 8. The lowest BCUT2D eigenvalue weighted by Crippen LogP contribution is -2.06. The van der Waals surface area contributed by atoms with Crippen LogP contribution in [-0.2, 0) is 9.84 Å². The van der Waals surface area contributed by atoms with Gasteiger partial charge in [-0.3, -0.25) is 0 Å². The number of nitrogens with two attached hydrogens (primary N) is 1. The molecule has 1 aromatic heterocycles. The molecule has 0 aliphatic heterocycles. The van der Waals surface area contributed by atoms with Crippen LogP contribution in [0.15, 0.2) is 87.1 Å². The van der Waals surface area contributed by atoms with Gasteiger partial charge < -0.3 is 15.4 Å². The molecular formula is C23H24N4O4S. The molecule has 3 aromatic rings. The first kappa shape index (κ1) is 23.0. The predicted molar refractivity (Wildman–Crippen MR) is 124 cm³/mol. The first-order valence-electron chi connectivity index (χ1n) is 9.74. The third-order valence-corrected chi connectivity index (χ3v) is 5.70. The normalized spacial score (nSPS) is 12.9. The number of sulfone groups is 1. The van der Waals surface area contributed by atoms with Crippen molar-refractivity contribution in [2.45, 2.75) is 24.7 Å². The molecule has 0 radical (unpaired) electrons. The quantitative estimate of drug-likeness (QED) is 0.310. The van der Waals surface area contributed by atoms with Gasteiger partial charge in [0.2, 0.25) is 5.82 Å². The van der Waals surface area contributed by atoms with E-state index in [1.165, 1.54) is 18.2 Å². The fraction of sp³-hybridized carbons (Fsp3) is 0.174. The number of aliphatic hydroxyl groups excluding tert-OH is 1. The lowest BCUT2D eigenvalue weighted by atomic mass is 10.0. The summed E-state index contributed by atoms with van der Waals surface area (Å²) in [5.74, 6) is 0.121. The molecule has 0 aliphatic rings. The number of hydrogen-bond donors (Lipinski definition) is 2. The van der Waals surface area contributed by atoms with E-state index in [1.54, 1.807) is 12.1 Å². The highest BCUT2D eigenvalue weighted by Gasteiger charge is 2.17. The zero-order chi connectivity index (χ0) is 23.5. The van der Waals surface area contributed by atoms with E-state index >= 15 is 0 Å². The van der Waals surface area contributed by atoms with Crippen LogP contribution in [0.1, 0.15) is 31.2 Å². The van der Waals surface area contributed by atoms with Gasteiger partial charge in [-0.05, 0) is 35.8 Å². The van der Waals surface area contributed by atoms with Gasteiger partial charge in [0.1, 0.15) is 11.5 Å². The molecule has 0 spiro atoms. The Morgan fingerprint density at radius 1 is 1.22 bits per heavy atom. The van der Waals surface area contributed by atoms with Gasteiger partial charge in [-0.25, -0.2) is 13.4 Å². The molecule has 8 nitrogen and oxygen atoms in total. The molecule has 1 heterocycles. The molecule has 166 valence electrons. The third-order valence-electron chi connectivity index (χ3n) is 4.59. The van der Waals surface area contributed by atoms with Crippen molar-refractivity contribution in [3.05, 3.63) is 84.1 Å². The summed E-state index contributed by atoms with van der Waals surface area (Å²) in [4.78, 5) is 9.16. The summed E-state index contributed by atoms with van der Waals surface area (Å²) in [5.41, 5.74) is 8.23. The smallest absolute Gasteiger partial charge is 0.276 e. The van der Waals surface area contributed by atoms with Gasteiger partial charge in [0.25, 0.3) is 5.89 Å². The Bertz CT molecular complexity index is 1320. The Kier molecular flexibility index (Phi) is 6.59.